The summed E-state index contributed by atoms with van der Waals surface area (Å²) in [6.45, 7) is 4.13. The van der Waals surface area contributed by atoms with Crippen LogP contribution in [0, 0.1) is 0 Å². The number of hydrogen-bond acceptors (Lipinski definition) is 5. The average molecular weight is 303 g/mol. The average Bonchev–Trinajstić information content (AvgIpc) is 3.05. The van der Waals surface area contributed by atoms with Crippen LogP contribution in [0.3, 0.4) is 0 Å². The lowest BCUT2D eigenvalue weighted by Gasteiger charge is -2.02. The van der Waals surface area contributed by atoms with Crippen LogP contribution >= 0.6 is 11.3 Å². The molecule has 0 fully saturated rings. The van der Waals surface area contributed by atoms with Crippen molar-refractivity contribution in [3.63, 3.8) is 0 Å². The predicted molar refractivity (Wildman–Crippen MR) is 78.4 cm³/mol. The molecule has 3 aromatic rings. The summed E-state index contributed by atoms with van der Waals surface area (Å²) in [4.78, 5) is 15.3. The summed E-state index contributed by atoms with van der Waals surface area (Å²) in [6, 6.07) is 3.41. The molecule has 1 N–H and O–H groups in total. The van der Waals surface area contributed by atoms with E-state index in [2.05, 4.69) is 23.9 Å². The van der Waals surface area contributed by atoms with Gasteiger partial charge in [0.1, 0.15) is 16.1 Å². The maximum atomic E-state index is 10.9. The minimum atomic E-state index is -0.965. The van der Waals surface area contributed by atoms with E-state index in [4.69, 9.17) is 9.84 Å². The Kier molecular flexibility index (Phi) is 3.34. The molecule has 6 nitrogen and oxygen atoms in total. The highest BCUT2D eigenvalue weighted by atomic mass is 32.1. The summed E-state index contributed by atoms with van der Waals surface area (Å²) in [5, 5.41) is 15.0. The molecule has 0 bridgehead atoms. The van der Waals surface area contributed by atoms with Crippen molar-refractivity contribution in [3.05, 3.63) is 40.5 Å². The molecule has 7 heteroatoms. The number of aromatic carboxylic acids is 1. The van der Waals surface area contributed by atoms with Crippen LogP contribution in [-0.2, 0) is 0 Å². The molecule has 0 aliphatic heterocycles. The van der Waals surface area contributed by atoms with Crippen LogP contribution in [0.5, 0.6) is 11.6 Å². The lowest BCUT2D eigenvalue weighted by atomic mass is 10.1. The van der Waals surface area contributed by atoms with Gasteiger partial charge in [0.15, 0.2) is 0 Å². The van der Waals surface area contributed by atoms with Gasteiger partial charge in [-0.2, -0.15) is 5.10 Å². The normalized spacial score (nSPS) is 11.2. The lowest BCUT2D eigenvalue weighted by molar-refractivity contribution is 0.0702. The molecule has 0 saturated heterocycles. The number of nitrogens with zero attached hydrogens (tertiary/aromatic N) is 3. The Morgan fingerprint density at radius 2 is 2.24 bits per heavy atom. The molecule has 0 aromatic carbocycles. The highest BCUT2D eigenvalue weighted by Crippen LogP contribution is 2.29. The third-order valence-corrected chi connectivity index (χ3v) is 3.86. The van der Waals surface area contributed by atoms with Crippen LogP contribution in [0.2, 0.25) is 0 Å². The van der Waals surface area contributed by atoms with Gasteiger partial charge in [-0.1, -0.05) is 13.8 Å². The predicted octanol–water partition coefficient (Wildman–Crippen LogP) is 3.40. The zero-order chi connectivity index (χ0) is 15.0. The van der Waals surface area contributed by atoms with Crippen LogP contribution in [0.4, 0.5) is 0 Å². The molecule has 3 rings (SSSR count). The van der Waals surface area contributed by atoms with Gasteiger partial charge in [0, 0.05) is 23.8 Å². The van der Waals surface area contributed by atoms with E-state index in [-0.39, 0.29) is 4.88 Å². The Bertz CT molecular complexity index is 807. The van der Waals surface area contributed by atoms with E-state index in [1.54, 1.807) is 22.3 Å². The van der Waals surface area contributed by atoms with Gasteiger partial charge < -0.3 is 9.84 Å². The molecule has 0 aliphatic rings. The number of ether oxygens (including phenoxy) is 1. The molecule has 0 radical (unpaired) electrons. The first kappa shape index (κ1) is 13.6. The summed E-state index contributed by atoms with van der Waals surface area (Å²) in [7, 11) is 0. The Hall–Kier alpha value is -2.41. The van der Waals surface area contributed by atoms with Crippen molar-refractivity contribution in [3.8, 4) is 11.6 Å². The molecule has 3 heterocycles. The molecule has 0 unspecified atom stereocenters. The van der Waals surface area contributed by atoms with Crippen LogP contribution in [0.1, 0.15) is 35.1 Å². The van der Waals surface area contributed by atoms with Gasteiger partial charge in [0.25, 0.3) is 0 Å². The molecular formula is C14H13N3O3S. The van der Waals surface area contributed by atoms with Crippen molar-refractivity contribution in [1.29, 1.82) is 0 Å². The Balaban J connectivity index is 1.97. The van der Waals surface area contributed by atoms with E-state index in [1.165, 1.54) is 6.07 Å². The van der Waals surface area contributed by atoms with Gasteiger partial charge in [0.2, 0.25) is 5.88 Å². The topological polar surface area (TPSA) is 76.7 Å². The van der Waals surface area contributed by atoms with E-state index in [9.17, 15) is 4.79 Å². The second-order valence-corrected chi connectivity index (χ2v) is 5.75. The number of thiophene rings is 1. The SMILES string of the molecule is CC(C)c1cc2c(Oc3csc(C(=O)O)c3)nccn2n1. The van der Waals surface area contributed by atoms with Crippen LogP contribution in [-0.4, -0.2) is 25.7 Å². The Morgan fingerprint density at radius 1 is 1.43 bits per heavy atom. The summed E-state index contributed by atoms with van der Waals surface area (Å²) < 4.78 is 7.40. The first-order valence-electron chi connectivity index (χ1n) is 6.38. The van der Waals surface area contributed by atoms with Crippen molar-refractivity contribution < 1.29 is 14.6 Å². The molecule has 0 spiro atoms. The summed E-state index contributed by atoms with van der Waals surface area (Å²) in [6.07, 6.45) is 3.36. The largest absolute Gasteiger partial charge is 0.477 e. The molecule has 0 atom stereocenters. The number of aromatic nitrogens is 3. The minimum Gasteiger partial charge on any atom is -0.477 e. The molecule has 0 amide bonds. The Labute approximate surface area is 124 Å². The second kappa shape index (κ2) is 5.17. The fourth-order valence-electron chi connectivity index (χ4n) is 1.87. The molecule has 0 aliphatic carbocycles. The number of fused-ring (bicyclic) bond motifs is 1. The fourth-order valence-corrected chi connectivity index (χ4v) is 2.52. The van der Waals surface area contributed by atoms with Crippen LogP contribution in [0.25, 0.3) is 5.52 Å². The van der Waals surface area contributed by atoms with E-state index in [1.807, 2.05) is 6.07 Å². The third kappa shape index (κ3) is 2.59. The number of carbonyl (C=O) groups is 1. The van der Waals surface area contributed by atoms with Gasteiger partial charge in [-0.25, -0.2) is 14.3 Å². The van der Waals surface area contributed by atoms with Gasteiger partial charge in [-0.15, -0.1) is 11.3 Å². The van der Waals surface area contributed by atoms with E-state index in [0.717, 1.165) is 22.5 Å². The molecule has 0 saturated carbocycles. The summed E-state index contributed by atoms with van der Waals surface area (Å²) in [5.74, 6) is 0.210. The first-order valence-corrected chi connectivity index (χ1v) is 7.26. The van der Waals surface area contributed by atoms with E-state index < -0.39 is 5.97 Å². The maximum absolute atomic E-state index is 10.9. The van der Waals surface area contributed by atoms with Crippen molar-refractivity contribution in [2.75, 3.05) is 0 Å². The highest BCUT2D eigenvalue weighted by molar-refractivity contribution is 7.12. The monoisotopic (exact) mass is 303 g/mol. The minimum absolute atomic E-state index is 0.230. The van der Waals surface area contributed by atoms with Gasteiger partial charge in [0.05, 0.1) is 5.69 Å². The smallest absolute Gasteiger partial charge is 0.346 e. The van der Waals surface area contributed by atoms with E-state index >= 15 is 0 Å². The Morgan fingerprint density at radius 3 is 2.90 bits per heavy atom. The van der Waals surface area contributed by atoms with Gasteiger partial charge in [-0.05, 0) is 12.0 Å². The quantitative estimate of drug-likeness (QED) is 0.799. The number of hydrogen-bond donors (Lipinski definition) is 1. The molecular weight excluding hydrogens is 290 g/mol. The van der Waals surface area contributed by atoms with Gasteiger partial charge in [-0.3, -0.25) is 0 Å². The number of carboxylic acids is 1. The fraction of sp³-hybridized carbons (Fsp3) is 0.214. The van der Waals surface area contributed by atoms with Crippen molar-refractivity contribution in [2.24, 2.45) is 0 Å². The van der Waals surface area contributed by atoms with Crippen LogP contribution in [0.15, 0.2) is 29.9 Å². The summed E-state index contributed by atoms with van der Waals surface area (Å²) in [5.41, 5.74) is 1.70. The molecule has 108 valence electrons. The molecule has 3 aromatic heterocycles. The van der Waals surface area contributed by atoms with Crippen molar-refractivity contribution >= 4 is 22.8 Å². The highest BCUT2D eigenvalue weighted by Gasteiger charge is 2.13. The second-order valence-electron chi connectivity index (χ2n) is 4.84. The van der Waals surface area contributed by atoms with Crippen molar-refractivity contribution in [2.45, 2.75) is 19.8 Å². The standard InChI is InChI=1S/C14H13N3O3S/c1-8(2)10-6-11-13(15-3-4-17(11)16-10)20-9-5-12(14(18)19)21-7-9/h3-8H,1-2H3,(H,18,19). The maximum Gasteiger partial charge on any atom is 0.346 e. The number of carboxylic acid groups (broad SMARTS) is 1. The zero-order valence-electron chi connectivity index (χ0n) is 11.5. The third-order valence-electron chi connectivity index (χ3n) is 2.97. The van der Waals surface area contributed by atoms with Gasteiger partial charge >= 0.3 is 5.97 Å². The molecule has 21 heavy (non-hydrogen) atoms. The summed E-state index contributed by atoms with van der Waals surface area (Å²) >= 11 is 1.12. The van der Waals surface area contributed by atoms with Crippen molar-refractivity contribution in [1.82, 2.24) is 14.6 Å². The lowest BCUT2D eigenvalue weighted by Crippen LogP contribution is -1.94. The zero-order valence-corrected chi connectivity index (χ0v) is 12.3. The van der Waals surface area contributed by atoms with E-state index in [0.29, 0.717) is 17.5 Å². The van der Waals surface area contributed by atoms with Crippen LogP contribution < -0.4 is 4.74 Å². The first-order chi connectivity index (χ1) is 10.0. The number of rotatable bonds is 4.